The molecule has 4 rings (SSSR count). The molecule has 1 fully saturated rings. The van der Waals surface area contributed by atoms with E-state index in [-0.39, 0.29) is 24.0 Å². The highest BCUT2D eigenvalue weighted by atomic mass is 16.6. The van der Waals surface area contributed by atoms with Crippen molar-refractivity contribution in [2.24, 2.45) is 0 Å². The smallest absolute Gasteiger partial charge is 0.264 e. The number of nitrogens with zero attached hydrogens (tertiary/aromatic N) is 1. The van der Waals surface area contributed by atoms with Crippen LogP contribution in [0.4, 0.5) is 11.4 Å². The van der Waals surface area contributed by atoms with Gasteiger partial charge in [0.2, 0.25) is 11.8 Å². The van der Waals surface area contributed by atoms with E-state index in [2.05, 4.69) is 10.6 Å². The van der Waals surface area contributed by atoms with Gasteiger partial charge in [-0.2, -0.15) is 0 Å². The van der Waals surface area contributed by atoms with Crippen molar-refractivity contribution in [3.05, 3.63) is 53.6 Å². The van der Waals surface area contributed by atoms with Gasteiger partial charge in [0.15, 0.2) is 0 Å². The molecule has 15 heteroatoms. The number of anilines is 2. The van der Waals surface area contributed by atoms with E-state index in [9.17, 15) is 19.2 Å². The second kappa shape index (κ2) is 20.3. The molecule has 2 aromatic rings. The van der Waals surface area contributed by atoms with Crippen LogP contribution in [-0.4, -0.2) is 127 Å². The number of hydrogen-bond acceptors (Lipinski definition) is 13. The molecule has 0 aromatic heterocycles. The second-order valence-corrected chi connectivity index (χ2v) is 10.7. The van der Waals surface area contributed by atoms with E-state index in [1.165, 1.54) is 0 Å². The number of benzene rings is 2. The SMILES string of the molecule is Nc1ccccc1OCCOCCOCCOCCOCCOCCOCCNc1cccc2c1C(=O)N(C1CCC(=O)NC1=O)C2=O. The number of imide groups is 2. The molecular weight excluding hydrogens is 628 g/mol. The molecule has 1 saturated heterocycles. The molecule has 2 aliphatic heterocycles. The number of piperidine rings is 1. The summed E-state index contributed by atoms with van der Waals surface area (Å²) >= 11 is 0. The molecule has 0 aliphatic carbocycles. The number of nitrogen functional groups attached to an aromatic ring is 1. The summed E-state index contributed by atoms with van der Waals surface area (Å²) in [5.74, 6) is -1.51. The Morgan fingerprint density at radius 2 is 1.25 bits per heavy atom. The lowest BCUT2D eigenvalue weighted by atomic mass is 10.0. The number of amides is 4. The van der Waals surface area contributed by atoms with E-state index in [4.69, 9.17) is 38.9 Å². The second-order valence-electron chi connectivity index (χ2n) is 10.7. The fourth-order valence-electron chi connectivity index (χ4n) is 4.94. The highest BCUT2D eigenvalue weighted by molar-refractivity contribution is 6.25. The maximum absolute atomic E-state index is 13.1. The van der Waals surface area contributed by atoms with Crippen LogP contribution in [0.25, 0.3) is 0 Å². The molecule has 4 amide bonds. The third-order valence-corrected chi connectivity index (χ3v) is 7.29. The molecule has 0 saturated carbocycles. The highest BCUT2D eigenvalue weighted by Gasteiger charge is 2.45. The fraction of sp³-hybridized carbons (Fsp3) is 0.515. The van der Waals surface area contributed by atoms with Crippen LogP contribution in [0.15, 0.2) is 42.5 Å². The number of carbonyl (C=O) groups excluding carboxylic acids is 4. The first kappa shape index (κ1) is 36.7. The Morgan fingerprint density at radius 1 is 0.688 bits per heavy atom. The largest absolute Gasteiger partial charge is 0.489 e. The minimum atomic E-state index is -1.01. The van der Waals surface area contributed by atoms with E-state index in [1.54, 1.807) is 24.3 Å². The summed E-state index contributed by atoms with van der Waals surface area (Å²) in [6, 6.07) is 11.2. The van der Waals surface area contributed by atoms with Crippen LogP contribution >= 0.6 is 0 Å². The first-order chi connectivity index (χ1) is 23.5. The van der Waals surface area contributed by atoms with Gasteiger partial charge in [0.1, 0.15) is 18.4 Å². The van der Waals surface area contributed by atoms with Crippen LogP contribution in [0.1, 0.15) is 33.6 Å². The van der Waals surface area contributed by atoms with Crippen molar-refractivity contribution in [2.75, 3.05) is 103 Å². The number of carbonyl (C=O) groups is 4. The minimum Gasteiger partial charge on any atom is -0.489 e. The Labute approximate surface area is 279 Å². The van der Waals surface area contributed by atoms with Gasteiger partial charge in [0.25, 0.3) is 11.8 Å². The van der Waals surface area contributed by atoms with Gasteiger partial charge in [-0.05, 0) is 30.7 Å². The molecule has 48 heavy (non-hydrogen) atoms. The van der Waals surface area contributed by atoms with Crippen molar-refractivity contribution in [1.29, 1.82) is 0 Å². The van der Waals surface area contributed by atoms with Gasteiger partial charge in [-0.3, -0.25) is 29.4 Å². The molecular formula is C33H44N4O11. The lowest BCUT2D eigenvalue weighted by molar-refractivity contribution is -0.136. The van der Waals surface area contributed by atoms with E-state index in [1.807, 2.05) is 18.2 Å². The van der Waals surface area contributed by atoms with Crippen molar-refractivity contribution in [3.8, 4) is 5.75 Å². The van der Waals surface area contributed by atoms with Crippen LogP contribution in [-0.2, 0) is 38.0 Å². The zero-order chi connectivity index (χ0) is 34.0. The van der Waals surface area contributed by atoms with Gasteiger partial charge in [0.05, 0.1) is 96.1 Å². The van der Waals surface area contributed by atoms with E-state index in [0.717, 1.165) is 4.90 Å². The molecule has 0 radical (unpaired) electrons. The average Bonchev–Trinajstić information content (AvgIpc) is 3.33. The molecule has 0 spiro atoms. The van der Waals surface area contributed by atoms with Crippen LogP contribution in [0, 0.1) is 0 Å². The lowest BCUT2D eigenvalue weighted by Crippen LogP contribution is -2.54. The Morgan fingerprint density at radius 3 is 1.83 bits per heavy atom. The normalized spacial score (nSPS) is 15.9. The van der Waals surface area contributed by atoms with Crippen molar-refractivity contribution in [1.82, 2.24) is 10.2 Å². The monoisotopic (exact) mass is 672 g/mol. The predicted octanol–water partition coefficient (Wildman–Crippen LogP) is 1.26. The zero-order valence-electron chi connectivity index (χ0n) is 26.9. The Balaban J connectivity index is 0.922. The standard InChI is InChI=1S/C33H44N4O11/c34-25-5-1-2-7-28(25)48-23-22-47-21-20-46-19-18-45-17-16-44-15-14-43-13-12-42-11-10-35-26-6-3-4-24-30(26)33(41)37(32(24)40)27-8-9-29(38)36-31(27)39/h1-7,27,35H,8-23,34H2,(H,36,38,39). The van der Waals surface area contributed by atoms with Gasteiger partial charge < -0.3 is 44.2 Å². The third-order valence-electron chi connectivity index (χ3n) is 7.29. The molecule has 15 nitrogen and oxygen atoms in total. The number of rotatable bonds is 24. The summed E-state index contributed by atoms with van der Waals surface area (Å²) in [6.45, 7) is 5.98. The van der Waals surface area contributed by atoms with Crippen LogP contribution in [0.3, 0.4) is 0 Å². The maximum Gasteiger partial charge on any atom is 0.264 e. The molecule has 2 aromatic carbocycles. The highest BCUT2D eigenvalue weighted by Crippen LogP contribution is 2.32. The summed E-state index contributed by atoms with van der Waals surface area (Å²) in [7, 11) is 0. The minimum absolute atomic E-state index is 0.0674. The van der Waals surface area contributed by atoms with Gasteiger partial charge in [-0.1, -0.05) is 18.2 Å². The Bertz CT molecular complexity index is 1360. The summed E-state index contributed by atoms with van der Waals surface area (Å²) in [5.41, 5.74) is 7.33. The van der Waals surface area contributed by atoms with Gasteiger partial charge in [0, 0.05) is 18.7 Å². The number of ether oxygens (including phenoxy) is 7. The number of nitrogens with two attached hydrogens (primary N) is 1. The molecule has 2 aliphatic rings. The van der Waals surface area contributed by atoms with E-state index in [0.29, 0.717) is 110 Å². The van der Waals surface area contributed by atoms with E-state index < -0.39 is 29.7 Å². The number of hydrogen-bond donors (Lipinski definition) is 3. The topological polar surface area (TPSA) is 186 Å². The molecule has 262 valence electrons. The Hall–Kier alpha value is -4.12. The summed E-state index contributed by atoms with van der Waals surface area (Å²) < 4.78 is 38.5. The van der Waals surface area contributed by atoms with Gasteiger partial charge >= 0.3 is 0 Å². The molecule has 1 unspecified atom stereocenters. The van der Waals surface area contributed by atoms with Crippen LogP contribution in [0.5, 0.6) is 5.75 Å². The summed E-state index contributed by atoms with van der Waals surface area (Å²) in [6.07, 6.45) is 0.173. The predicted molar refractivity (Wildman–Crippen MR) is 173 cm³/mol. The maximum atomic E-state index is 13.1. The number of nitrogens with one attached hydrogen (secondary N) is 2. The lowest BCUT2D eigenvalue weighted by Gasteiger charge is -2.27. The molecule has 4 N–H and O–H groups in total. The van der Waals surface area contributed by atoms with Crippen molar-refractivity contribution < 1.29 is 52.3 Å². The first-order valence-corrected chi connectivity index (χ1v) is 16.0. The van der Waals surface area contributed by atoms with Crippen molar-refractivity contribution >= 4 is 35.0 Å². The van der Waals surface area contributed by atoms with Gasteiger partial charge in [-0.25, -0.2) is 0 Å². The number of fused-ring (bicyclic) bond motifs is 1. The number of para-hydroxylation sites is 2. The average molecular weight is 673 g/mol. The van der Waals surface area contributed by atoms with Gasteiger partial charge in [-0.15, -0.1) is 0 Å². The first-order valence-electron chi connectivity index (χ1n) is 16.0. The Kier molecular flexibility index (Phi) is 15.5. The summed E-state index contributed by atoms with van der Waals surface area (Å²) in [5, 5.41) is 5.32. The molecule has 2 heterocycles. The van der Waals surface area contributed by atoms with Crippen molar-refractivity contribution in [2.45, 2.75) is 18.9 Å². The van der Waals surface area contributed by atoms with Crippen LogP contribution in [0.2, 0.25) is 0 Å². The summed E-state index contributed by atoms with van der Waals surface area (Å²) in [4.78, 5) is 50.8. The quantitative estimate of drug-likeness (QED) is 0.0823. The molecule has 1 atom stereocenters. The van der Waals surface area contributed by atoms with Crippen LogP contribution < -0.4 is 21.1 Å². The third kappa shape index (κ3) is 11.2. The zero-order valence-corrected chi connectivity index (χ0v) is 26.9. The fourth-order valence-corrected chi connectivity index (χ4v) is 4.94. The van der Waals surface area contributed by atoms with Crippen molar-refractivity contribution in [3.63, 3.8) is 0 Å². The van der Waals surface area contributed by atoms with E-state index >= 15 is 0 Å². The molecule has 0 bridgehead atoms.